The largest absolute Gasteiger partial charge is 0.515 e. The first-order chi connectivity index (χ1) is 8.10. The molecule has 0 aliphatic carbocycles. The molecule has 0 aliphatic heterocycles. The Kier molecular flexibility index (Phi) is 4.26. The molecule has 1 aromatic rings. The van der Waals surface area contributed by atoms with Crippen molar-refractivity contribution in [2.45, 2.75) is 13.8 Å². The van der Waals surface area contributed by atoms with Crippen LogP contribution in [0.2, 0.25) is 0 Å². The summed E-state index contributed by atoms with van der Waals surface area (Å²) < 4.78 is 15.8. The van der Waals surface area contributed by atoms with Gasteiger partial charge in [0.15, 0.2) is 11.5 Å². The molecule has 1 rings (SSSR count). The van der Waals surface area contributed by atoms with Gasteiger partial charge in [-0.05, 0) is 25.1 Å². The Morgan fingerprint density at radius 2 is 1.65 bits per heavy atom. The van der Waals surface area contributed by atoms with E-state index in [2.05, 4.69) is 0 Å². The van der Waals surface area contributed by atoms with Crippen LogP contribution in [0.5, 0.6) is 17.2 Å². The van der Waals surface area contributed by atoms with Crippen molar-refractivity contribution in [3.05, 3.63) is 16.5 Å². The molecule has 94 valence electrons. The van der Waals surface area contributed by atoms with Gasteiger partial charge in [0.05, 0.1) is 32.8 Å². The number of hydrogen-bond donors (Lipinski definition) is 1. The normalized spacial score (nSPS) is 11.2. The number of benzene rings is 1. The van der Waals surface area contributed by atoms with E-state index >= 15 is 0 Å². The van der Waals surface area contributed by atoms with Crippen molar-refractivity contribution in [3.8, 4) is 17.2 Å². The highest BCUT2D eigenvalue weighted by atomic mass is 16.5. The summed E-state index contributed by atoms with van der Waals surface area (Å²) in [5, 5.41) is 10.8. The van der Waals surface area contributed by atoms with Crippen LogP contribution in [0, 0.1) is 0 Å². The minimum atomic E-state index is 0.463. The highest BCUT2D eigenvalue weighted by molar-refractivity contribution is 5.57. The Morgan fingerprint density at radius 1 is 1.06 bits per heavy atom. The van der Waals surface area contributed by atoms with Gasteiger partial charge in [0.1, 0.15) is 0 Å². The summed E-state index contributed by atoms with van der Waals surface area (Å²) >= 11 is 0. The fourth-order valence-electron chi connectivity index (χ4n) is 1.72. The Bertz CT molecular complexity index is 513. The molecule has 0 heterocycles. The Hall–Kier alpha value is -1.84. The van der Waals surface area contributed by atoms with Crippen molar-refractivity contribution in [1.82, 2.24) is 0 Å². The molecule has 4 nitrogen and oxygen atoms in total. The number of aliphatic hydroxyl groups excluding tert-OH is 1. The summed E-state index contributed by atoms with van der Waals surface area (Å²) in [6.45, 7) is 3.90. The van der Waals surface area contributed by atoms with Crippen molar-refractivity contribution in [3.63, 3.8) is 0 Å². The van der Waals surface area contributed by atoms with E-state index in [4.69, 9.17) is 14.2 Å². The first kappa shape index (κ1) is 13.2. The number of hydrogen-bond acceptors (Lipinski definition) is 4. The quantitative estimate of drug-likeness (QED) is 0.859. The van der Waals surface area contributed by atoms with E-state index in [1.165, 1.54) is 14.2 Å². The van der Waals surface area contributed by atoms with Gasteiger partial charge in [-0.2, -0.15) is 0 Å². The maximum absolute atomic E-state index is 9.35. The summed E-state index contributed by atoms with van der Waals surface area (Å²) in [5.74, 6) is 1.51. The summed E-state index contributed by atoms with van der Waals surface area (Å²) in [4.78, 5) is 0. The Morgan fingerprint density at radius 3 is 2.00 bits per heavy atom. The summed E-state index contributed by atoms with van der Waals surface area (Å²) in [6.07, 6.45) is 1.02. The third kappa shape index (κ3) is 2.30. The average molecular weight is 238 g/mol. The molecule has 0 bridgehead atoms. The van der Waals surface area contributed by atoms with Crippen molar-refractivity contribution < 1.29 is 19.3 Å². The standard InChI is InChI=1S/C13H18O4/c1-8(2)9-6-11(15-3)13(17-5)12(16-4)10(9)7-14/h6-7,14H,1-5H3/b10-7+. The minimum absolute atomic E-state index is 0.463. The molecule has 1 N–H and O–H groups in total. The molecule has 0 unspecified atom stereocenters. The molecule has 4 heteroatoms. The van der Waals surface area contributed by atoms with Gasteiger partial charge >= 0.3 is 0 Å². The highest BCUT2D eigenvalue weighted by Crippen LogP contribution is 2.32. The number of methoxy groups -OCH3 is 3. The summed E-state index contributed by atoms with van der Waals surface area (Å²) in [6, 6.07) is 1.82. The molecular weight excluding hydrogens is 220 g/mol. The topological polar surface area (TPSA) is 47.9 Å². The van der Waals surface area contributed by atoms with Crippen LogP contribution in [-0.4, -0.2) is 26.4 Å². The SMILES string of the molecule is COc1cc(=C(C)C)/c(=C\O)c(OC)c1OC. The maximum atomic E-state index is 9.35. The van der Waals surface area contributed by atoms with E-state index in [0.717, 1.165) is 17.1 Å². The highest BCUT2D eigenvalue weighted by Gasteiger charge is 2.14. The van der Waals surface area contributed by atoms with Crippen LogP contribution in [0.25, 0.3) is 11.8 Å². The van der Waals surface area contributed by atoms with Crippen LogP contribution in [0.1, 0.15) is 13.8 Å². The molecule has 17 heavy (non-hydrogen) atoms. The molecule has 0 radical (unpaired) electrons. The predicted octanol–water partition coefficient (Wildman–Crippen LogP) is 1.20. The fourth-order valence-corrected chi connectivity index (χ4v) is 1.72. The second-order valence-corrected chi connectivity index (χ2v) is 3.74. The molecule has 0 atom stereocenters. The molecule has 0 aliphatic rings. The van der Waals surface area contributed by atoms with E-state index in [-0.39, 0.29) is 0 Å². The first-order valence-electron chi connectivity index (χ1n) is 5.21. The van der Waals surface area contributed by atoms with Crippen LogP contribution in [0.4, 0.5) is 0 Å². The molecule has 0 saturated heterocycles. The number of rotatable bonds is 3. The molecule has 0 spiro atoms. The van der Waals surface area contributed by atoms with Crippen LogP contribution in [0.15, 0.2) is 6.07 Å². The minimum Gasteiger partial charge on any atom is -0.515 e. The average Bonchev–Trinajstić information content (AvgIpc) is 2.35. The molecule has 0 fully saturated rings. The van der Waals surface area contributed by atoms with E-state index in [1.54, 1.807) is 7.11 Å². The third-order valence-electron chi connectivity index (χ3n) is 2.54. The summed E-state index contributed by atoms with van der Waals surface area (Å²) in [7, 11) is 4.62. The van der Waals surface area contributed by atoms with E-state index in [0.29, 0.717) is 22.5 Å². The van der Waals surface area contributed by atoms with Gasteiger partial charge in [-0.3, -0.25) is 0 Å². The van der Waals surface area contributed by atoms with Gasteiger partial charge < -0.3 is 19.3 Å². The molecule has 0 aromatic heterocycles. The van der Waals surface area contributed by atoms with Crippen molar-refractivity contribution in [2.75, 3.05) is 21.3 Å². The number of ether oxygens (including phenoxy) is 3. The van der Waals surface area contributed by atoms with E-state index < -0.39 is 0 Å². The fraction of sp³-hybridized carbons (Fsp3) is 0.385. The lowest BCUT2D eigenvalue weighted by atomic mass is 10.1. The molecule has 0 amide bonds. The Labute approximate surface area is 101 Å². The van der Waals surface area contributed by atoms with Crippen LogP contribution in [0.3, 0.4) is 0 Å². The monoisotopic (exact) mass is 238 g/mol. The smallest absolute Gasteiger partial charge is 0.204 e. The maximum Gasteiger partial charge on any atom is 0.204 e. The number of aliphatic hydroxyl groups is 1. The van der Waals surface area contributed by atoms with Crippen LogP contribution < -0.4 is 24.6 Å². The molecule has 1 aromatic carbocycles. The third-order valence-corrected chi connectivity index (χ3v) is 2.54. The van der Waals surface area contributed by atoms with Gasteiger partial charge in [0, 0.05) is 0 Å². The first-order valence-corrected chi connectivity index (χ1v) is 5.21. The van der Waals surface area contributed by atoms with Gasteiger partial charge in [0.2, 0.25) is 5.75 Å². The van der Waals surface area contributed by atoms with Gasteiger partial charge in [-0.15, -0.1) is 0 Å². The van der Waals surface area contributed by atoms with Crippen molar-refractivity contribution in [2.24, 2.45) is 0 Å². The van der Waals surface area contributed by atoms with Crippen LogP contribution >= 0.6 is 0 Å². The second-order valence-electron chi connectivity index (χ2n) is 3.74. The molecule has 0 saturated carbocycles. The second kappa shape index (κ2) is 5.48. The lowest BCUT2D eigenvalue weighted by Crippen LogP contribution is -2.28. The van der Waals surface area contributed by atoms with Crippen LogP contribution in [-0.2, 0) is 0 Å². The lowest BCUT2D eigenvalue weighted by Gasteiger charge is -2.13. The van der Waals surface area contributed by atoms with Gasteiger partial charge in [0.25, 0.3) is 0 Å². The zero-order chi connectivity index (χ0) is 13.0. The van der Waals surface area contributed by atoms with E-state index in [1.807, 2.05) is 19.9 Å². The lowest BCUT2D eigenvalue weighted by molar-refractivity contribution is 0.321. The van der Waals surface area contributed by atoms with E-state index in [9.17, 15) is 5.11 Å². The Balaban J connectivity index is 3.89. The van der Waals surface area contributed by atoms with Crippen molar-refractivity contribution >= 4 is 11.8 Å². The van der Waals surface area contributed by atoms with Crippen molar-refractivity contribution in [1.29, 1.82) is 0 Å². The van der Waals surface area contributed by atoms with Gasteiger partial charge in [-0.1, -0.05) is 5.57 Å². The van der Waals surface area contributed by atoms with Gasteiger partial charge in [-0.25, -0.2) is 0 Å². The zero-order valence-corrected chi connectivity index (χ0v) is 10.8. The zero-order valence-electron chi connectivity index (χ0n) is 10.8. The molecular formula is C13H18O4. The summed E-state index contributed by atoms with van der Waals surface area (Å²) in [5.41, 5.74) is 1.05. The predicted molar refractivity (Wildman–Crippen MR) is 67.2 cm³/mol.